The summed E-state index contributed by atoms with van der Waals surface area (Å²) in [6, 6.07) is 11.2. The molecule has 11 heteroatoms. The Morgan fingerprint density at radius 3 is 2.78 bits per heavy atom. The molecule has 0 radical (unpaired) electrons. The van der Waals surface area contributed by atoms with Crippen molar-refractivity contribution in [3.05, 3.63) is 54.5 Å². The van der Waals surface area contributed by atoms with E-state index in [1.807, 2.05) is 0 Å². The Morgan fingerprint density at radius 1 is 1.22 bits per heavy atom. The predicted molar refractivity (Wildman–Crippen MR) is 120 cm³/mol. The van der Waals surface area contributed by atoms with Gasteiger partial charge in [-0.15, -0.1) is 0 Å². The Hall–Kier alpha value is -3.73. The average molecular weight is 457 g/mol. The molecule has 9 nitrogen and oxygen atoms in total. The van der Waals surface area contributed by atoms with Crippen molar-refractivity contribution in [2.24, 2.45) is 0 Å². The molecule has 2 aromatic carbocycles. The molecule has 0 fully saturated rings. The standard InChI is InChI=1S/C21H21FN6O3S/c1-4-31-16-9-8-13(12-17(16)32(3,29)30)24-21-23-11-10-18(25-21)28(2)20-14-6-5-7-15(22)19(14)26-27-20/h5-12H,4H2,1-3H3,(H,26,27)(H,23,24,25). The van der Waals surface area contributed by atoms with E-state index in [1.165, 1.54) is 12.1 Å². The lowest BCUT2D eigenvalue weighted by Crippen LogP contribution is -2.13. The molecule has 0 atom stereocenters. The van der Waals surface area contributed by atoms with Crippen LogP contribution in [0.2, 0.25) is 0 Å². The van der Waals surface area contributed by atoms with Gasteiger partial charge in [-0.25, -0.2) is 17.8 Å². The van der Waals surface area contributed by atoms with Gasteiger partial charge in [0.25, 0.3) is 0 Å². The van der Waals surface area contributed by atoms with Crippen LogP contribution < -0.4 is 15.0 Å². The third-order valence-electron chi connectivity index (χ3n) is 4.73. The number of anilines is 4. The van der Waals surface area contributed by atoms with Gasteiger partial charge in [-0.05, 0) is 43.3 Å². The van der Waals surface area contributed by atoms with Crippen molar-refractivity contribution in [1.29, 1.82) is 0 Å². The summed E-state index contributed by atoms with van der Waals surface area (Å²) < 4.78 is 43.7. The maximum absolute atomic E-state index is 14.0. The lowest BCUT2D eigenvalue weighted by atomic mass is 10.2. The van der Waals surface area contributed by atoms with E-state index in [9.17, 15) is 12.8 Å². The van der Waals surface area contributed by atoms with E-state index in [0.29, 0.717) is 34.8 Å². The first-order valence-corrected chi connectivity index (χ1v) is 11.6. The molecule has 166 valence electrons. The summed E-state index contributed by atoms with van der Waals surface area (Å²) in [5.41, 5.74) is 0.797. The molecule has 4 aromatic rings. The first kappa shape index (κ1) is 21.5. The monoisotopic (exact) mass is 456 g/mol. The van der Waals surface area contributed by atoms with Gasteiger partial charge in [0.15, 0.2) is 15.7 Å². The van der Waals surface area contributed by atoms with Gasteiger partial charge < -0.3 is 15.0 Å². The van der Waals surface area contributed by atoms with Crippen LogP contribution in [0.1, 0.15) is 6.92 Å². The fourth-order valence-electron chi connectivity index (χ4n) is 3.23. The van der Waals surface area contributed by atoms with Crippen LogP contribution in [0.5, 0.6) is 5.75 Å². The van der Waals surface area contributed by atoms with Crippen molar-refractivity contribution in [3.8, 4) is 5.75 Å². The lowest BCUT2D eigenvalue weighted by molar-refractivity contribution is 0.331. The molecule has 0 aliphatic rings. The van der Waals surface area contributed by atoms with Crippen LogP contribution in [0.15, 0.2) is 53.6 Å². The molecule has 32 heavy (non-hydrogen) atoms. The quantitative estimate of drug-likeness (QED) is 0.432. The molecule has 0 aliphatic carbocycles. The van der Waals surface area contributed by atoms with Crippen LogP contribution >= 0.6 is 0 Å². The number of nitrogens with one attached hydrogen (secondary N) is 2. The molecule has 0 saturated heterocycles. The zero-order chi connectivity index (χ0) is 22.9. The Balaban J connectivity index is 1.64. The number of nitrogens with zero attached hydrogens (tertiary/aromatic N) is 4. The molecular weight excluding hydrogens is 435 g/mol. The van der Waals surface area contributed by atoms with Gasteiger partial charge in [-0.3, -0.25) is 5.10 Å². The molecule has 2 aromatic heterocycles. The summed E-state index contributed by atoms with van der Waals surface area (Å²) in [7, 11) is -1.75. The minimum Gasteiger partial charge on any atom is -0.493 e. The van der Waals surface area contributed by atoms with Gasteiger partial charge in [-0.2, -0.15) is 10.1 Å². The van der Waals surface area contributed by atoms with Gasteiger partial charge in [-0.1, -0.05) is 6.07 Å². The number of halogens is 1. The molecule has 0 amide bonds. The molecule has 0 aliphatic heterocycles. The highest BCUT2D eigenvalue weighted by Gasteiger charge is 2.17. The summed E-state index contributed by atoms with van der Waals surface area (Å²) in [6.07, 6.45) is 2.68. The number of para-hydroxylation sites is 1. The van der Waals surface area contributed by atoms with Crippen LogP contribution in [0, 0.1) is 5.82 Å². The first-order chi connectivity index (χ1) is 15.3. The highest BCUT2D eigenvalue weighted by molar-refractivity contribution is 7.90. The van der Waals surface area contributed by atoms with Crippen LogP contribution in [0.4, 0.5) is 27.7 Å². The molecule has 4 rings (SSSR count). The second-order valence-electron chi connectivity index (χ2n) is 7.00. The Morgan fingerprint density at radius 2 is 2.03 bits per heavy atom. The van der Waals surface area contributed by atoms with Crippen LogP contribution in [-0.4, -0.2) is 48.5 Å². The summed E-state index contributed by atoms with van der Waals surface area (Å²) in [4.78, 5) is 10.5. The van der Waals surface area contributed by atoms with Crippen molar-refractivity contribution in [1.82, 2.24) is 20.2 Å². The van der Waals surface area contributed by atoms with Crippen molar-refractivity contribution < 1.29 is 17.5 Å². The smallest absolute Gasteiger partial charge is 0.229 e. The molecule has 0 bridgehead atoms. The number of hydrogen-bond donors (Lipinski definition) is 2. The van der Waals surface area contributed by atoms with E-state index in [0.717, 1.165) is 6.26 Å². The number of ether oxygens (including phenoxy) is 1. The lowest BCUT2D eigenvalue weighted by Gasteiger charge is -2.17. The molecule has 2 heterocycles. The van der Waals surface area contributed by atoms with Crippen molar-refractivity contribution >= 4 is 44.0 Å². The highest BCUT2D eigenvalue weighted by Crippen LogP contribution is 2.31. The Bertz CT molecular complexity index is 1390. The second kappa shape index (κ2) is 8.42. The zero-order valence-electron chi connectivity index (χ0n) is 17.6. The Kier molecular flexibility index (Phi) is 5.66. The van der Waals surface area contributed by atoms with Crippen LogP contribution in [-0.2, 0) is 9.84 Å². The van der Waals surface area contributed by atoms with Gasteiger partial charge in [0, 0.05) is 30.6 Å². The topological polar surface area (TPSA) is 113 Å². The van der Waals surface area contributed by atoms with E-state index in [-0.39, 0.29) is 16.6 Å². The second-order valence-corrected chi connectivity index (χ2v) is 8.98. The summed E-state index contributed by atoms with van der Waals surface area (Å²) in [5.74, 6) is 1.16. The third-order valence-corrected chi connectivity index (χ3v) is 5.85. The fraction of sp³-hybridized carbons (Fsp3) is 0.190. The van der Waals surface area contributed by atoms with Gasteiger partial charge >= 0.3 is 0 Å². The van der Waals surface area contributed by atoms with Crippen LogP contribution in [0.25, 0.3) is 10.9 Å². The van der Waals surface area contributed by atoms with E-state index in [2.05, 4.69) is 25.5 Å². The zero-order valence-corrected chi connectivity index (χ0v) is 18.4. The maximum Gasteiger partial charge on any atom is 0.229 e. The minimum atomic E-state index is -3.50. The van der Waals surface area contributed by atoms with E-state index in [1.54, 1.807) is 55.4 Å². The number of sulfone groups is 1. The predicted octanol–water partition coefficient (Wildman–Crippen LogP) is 3.81. The van der Waals surface area contributed by atoms with Crippen molar-refractivity contribution in [2.75, 3.05) is 30.1 Å². The minimum absolute atomic E-state index is 0.0719. The molecule has 2 N–H and O–H groups in total. The van der Waals surface area contributed by atoms with E-state index >= 15 is 0 Å². The molecule has 0 saturated carbocycles. The summed E-state index contributed by atoms with van der Waals surface area (Å²) >= 11 is 0. The fourth-order valence-corrected chi connectivity index (χ4v) is 4.07. The Labute approximate surface area is 184 Å². The molecule has 0 unspecified atom stereocenters. The molecule has 0 spiro atoms. The normalized spacial score (nSPS) is 11.5. The molecular formula is C21H21FN6O3S. The number of benzene rings is 2. The number of H-pyrrole nitrogens is 1. The number of aromatic nitrogens is 4. The third kappa shape index (κ3) is 4.19. The van der Waals surface area contributed by atoms with Crippen molar-refractivity contribution in [3.63, 3.8) is 0 Å². The van der Waals surface area contributed by atoms with Crippen LogP contribution in [0.3, 0.4) is 0 Å². The average Bonchev–Trinajstić information content (AvgIpc) is 3.19. The maximum atomic E-state index is 14.0. The van der Waals surface area contributed by atoms with Crippen molar-refractivity contribution in [2.45, 2.75) is 11.8 Å². The van der Waals surface area contributed by atoms with E-state index in [4.69, 9.17) is 4.74 Å². The van der Waals surface area contributed by atoms with E-state index < -0.39 is 15.7 Å². The highest BCUT2D eigenvalue weighted by atomic mass is 32.2. The number of aromatic amines is 1. The van der Waals surface area contributed by atoms with Gasteiger partial charge in [0.1, 0.15) is 27.8 Å². The number of rotatable bonds is 7. The number of hydrogen-bond acceptors (Lipinski definition) is 8. The largest absolute Gasteiger partial charge is 0.493 e. The number of fused-ring (bicyclic) bond motifs is 1. The SMILES string of the molecule is CCOc1ccc(Nc2nccc(N(C)c3n[nH]c4c(F)cccc34)n2)cc1S(C)(=O)=O. The summed E-state index contributed by atoms with van der Waals surface area (Å²) in [5, 5.41) is 10.5. The summed E-state index contributed by atoms with van der Waals surface area (Å²) in [6.45, 7) is 2.13. The van der Waals surface area contributed by atoms with Gasteiger partial charge in [0.05, 0.1) is 6.61 Å². The van der Waals surface area contributed by atoms with Gasteiger partial charge in [0.2, 0.25) is 5.95 Å². The first-order valence-electron chi connectivity index (χ1n) is 9.71.